The number of hydrogen-bond donors (Lipinski definition) is 0. The lowest BCUT2D eigenvalue weighted by molar-refractivity contribution is 1.20. The van der Waals surface area contributed by atoms with E-state index in [0.717, 1.165) is 0 Å². The van der Waals surface area contributed by atoms with Crippen molar-refractivity contribution in [3.63, 3.8) is 0 Å². The molecule has 98 valence electrons. The molecule has 0 unspecified atom stereocenters. The predicted octanol–water partition coefficient (Wildman–Crippen LogP) is 2.77. The van der Waals surface area contributed by atoms with Gasteiger partial charge in [0.2, 0.25) is 0 Å². The molecule has 2 heteroatoms. The average molecular weight is 292 g/mol. The van der Waals surface area contributed by atoms with Crippen LogP contribution in [0.4, 0.5) is 0 Å². The fraction of sp³-hybridized carbons (Fsp3) is 0.111. The number of hydrogen-bond acceptors (Lipinski definition) is 1. The molecular weight excluding hydrogens is 276 g/mol. The van der Waals surface area contributed by atoms with Gasteiger partial charge in [-0.3, -0.25) is 0 Å². The van der Waals surface area contributed by atoms with E-state index in [1.807, 2.05) is 11.3 Å². The lowest BCUT2D eigenvalue weighted by atomic mass is 10.4. The van der Waals surface area contributed by atoms with Crippen LogP contribution in [0.5, 0.6) is 0 Å². The topological polar surface area (TPSA) is 0 Å². The minimum atomic E-state index is -1.74. The highest BCUT2D eigenvalue weighted by Gasteiger charge is 2.44. The monoisotopic (exact) mass is 292 g/mol. The van der Waals surface area contributed by atoms with Gasteiger partial charge in [-0.15, -0.1) is 11.3 Å². The Morgan fingerprint density at radius 2 is 1.35 bits per heavy atom. The van der Waals surface area contributed by atoms with Gasteiger partial charge >= 0.3 is 0 Å². The quantitative estimate of drug-likeness (QED) is 0.637. The van der Waals surface area contributed by atoms with Crippen LogP contribution in [0.15, 0.2) is 72.1 Å². The molecule has 20 heavy (non-hydrogen) atoms. The first-order valence-electron chi connectivity index (χ1n) is 7.09. The van der Waals surface area contributed by atoms with E-state index in [0.29, 0.717) is 0 Å². The van der Waals surface area contributed by atoms with Crippen LogP contribution in [0, 0.1) is 0 Å². The van der Waals surface area contributed by atoms with Crippen molar-refractivity contribution in [3.05, 3.63) is 77.0 Å². The lowest BCUT2D eigenvalue weighted by Crippen LogP contribution is -2.64. The van der Waals surface area contributed by atoms with Crippen LogP contribution in [0.2, 0.25) is 6.04 Å². The van der Waals surface area contributed by atoms with Crippen LogP contribution in [-0.2, 0) is 6.42 Å². The molecule has 0 fully saturated rings. The molecule has 4 rings (SSSR count). The summed E-state index contributed by atoms with van der Waals surface area (Å²) < 4.78 is 0. The molecule has 0 radical (unpaired) electrons. The number of benzene rings is 2. The van der Waals surface area contributed by atoms with Crippen molar-refractivity contribution in [2.75, 3.05) is 0 Å². The van der Waals surface area contributed by atoms with Crippen molar-refractivity contribution < 1.29 is 0 Å². The normalized spacial score (nSPS) is 16.0. The molecule has 2 heterocycles. The zero-order valence-electron chi connectivity index (χ0n) is 11.3. The van der Waals surface area contributed by atoms with Gasteiger partial charge in [0.25, 0.3) is 0 Å². The smallest absolute Gasteiger partial charge is 0.149 e. The van der Waals surface area contributed by atoms with Gasteiger partial charge in [-0.25, -0.2) is 0 Å². The summed E-state index contributed by atoms with van der Waals surface area (Å²) in [6.45, 7) is 0. The Morgan fingerprint density at radius 1 is 0.750 bits per heavy atom. The van der Waals surface area contributed by atoms with Gasteiger partial charge in [0.05, 0.1) is 0 Å². The summed E-state index contributed by atoms with van der Waals surface area (Å²) in [4.78, 5) is 1.62. The van der Waals surface area contributed by atoms with E-state index >= 15 is 0 Å². The first-order valence-corrected chi connectivity index (χ1v) is 10.2. The van der Waals surface area contributed by atoms with E-state index in [9.17, 15) is 0 Å². The van der Waals surface area contributed by atoms with Gasteiger partial charge in [-0.2, -0.15) is 0 Å². The van der Waals surface area contributed by atoms with Crippen molar-refractivity contribution in [2.24, 2.45) is 0 Å². The minimum Gasteiger partial charge on any atom is -0.149 e. The zero-order valence-corrected chi connectivity index (χ0v) is 13.1. The average Bonchev–Trinajstić information content (AvgIpc) is 3.11. The van der Waals surface area contributed by atoms with Crippen molar-refractivity contribution in [2.45, 2.75) is 12.5 Å². The highest BCUT2D eigenvalue weighted by molar-refractivity contribution is 7.19. The predicted molar refractivity (Wildman–Crippen MR) is 90.4 cm³/mol. The minimum absolute atomic E-state index is 1.25. The highest BCUT2D eigenvalue weighted by atomic mass is 32.1. The summed E-state index contributed by atoms with van der Waals surface area (Å²) in [5.74, 6) is 0. The van der Waals surface area contributed by atoms with E-state index < -0.39 is 8.07 Å². The van der Waals surface area contributed by atoms with E-state index in [1.54, 1.807) is 20.4 Å². The van der Waals surface area contributed by atoms with Crippen LogP contribution in [0.3, 0.4) is 0 Å². The molecule has 1 aliphatic heterocycles. The Morgan fingerprint density at radius 3 is 1.95 bits per heavy atom. The molecule has 0 bridgehead atoms. The maximum absolute atomic E-state index is 2.39. The van der Waals surface area contributed by atoms with Crippen LogP contribution in [0.1, 0.15) is 4.88 Å². The first kappa shape index (κ1) is 12.1. The summed E-state index contributed by atoms with van der Waals surface area (Å²) in [5, 5.41) is 7.05. The van der Waals surface area contributed by atoms with Gasteiger partial charge in [0, 0.05) is 4.88 Å². The Kier molecular flexibility index (Phi) is 2.86. The second kappa shape index (κ2) is 4.72. The van der Waals surface area contributed by atoms with Crippen LogP contribution >= 0.6 is 11.3 Å². The molecule has 1 aromatic heterocycles. The molecule has 1 aliphatic rings. The molecule has 0 amide bonds. The van der Waals surface area contributed by atoms with Gasteiger partial charge in [-0.05, 0) is 33.4 Å². The third kappa shape index (κ3) is 1.65. The summed E-state index contributed by atoms with van der Waals surface area (Å²) >= 11 is 1.94. The molecule has 0 nitrogen and oxygen atoms in total. The Labute approximate surface area is 124 Å². The van der Waals surface area contributed by atoms with E-state index in [4.69, 9.17) is 0 Å². The molecule has 0 saturated heterocycles. The number of rotatable bonds is 2. The zero-order chi connectivity index (χ0) is 13.4. The summed E-state index contributed by atoms with van der Waals surface area (Å²) in [6, 6.07) is 26.1. The van der Waals surface area contributed by atoms with Gasteiger partial charge in [0.15, 0.2) is 0 Å². The number of aryl methyl sites for hydroxylation is 1. The second-order valence-electron chi connectivity index (χ2n) is 5.39. The maximum Gasteiger partial charge on any atom is 0.150 e. The molecular formula is C18H16SSi. The standard InChI is InChI=1S/C18H16SSi/c1-3-7-15(8-4-1)20(16-9-5-2-6-10-16)14-12-17-18(20)11-13-19-17/h1-11,13H,12,14H2. The van der Waals surface area contributed by atoms with Crippen molar-refractivity contribution >= 4 is 35.0 Å². The second-order valence-corrected chi connectivity index (χ2v) is 10.4. The maximum atomic E-state index is 2.39. The SMILES string of the molecule is c1ccc([Si]2(c3ccccc3)CCc3sccc32)cc1. The van der Waals surface area contributed by atoms with Crippen molar-refractivity contribution in [1.29, 1.82) is 0 Å². The van der Waals surface area contributed by atoms with Crippen molar-refractivity contribution in [1.82, 2.24) is 0 Å². The number of fused-ring (bicyclic) bond motifs is 1. The van der Waals surface area contributed by atoms with E-state index in [2.05, 4.69) is 72.1 Å². The largest absolute Gasteiger partial charge is 0.150 e. The van der Waals surface area contributed by atoms with E-state index in [-0.39, 0.29) is 0 Å². The third-order valence-corrected chi connectivity index (χ3v) is 10.7. The third-order valence-electron chi connectivity index (χ3n) is 4.47. The van der Waals surface area contributed by atoms with Gasteiger partial charge in [0.1, 0.15) is 8.07 Å². The molecule has 0 atom stereocenters. The Hall–Kier alpha value is -1.64. The highest BCUT2D eigenvalue weighted by Crippen LogP contribution is 2.27. The van der Waals surface area contributed by atoms with Gasteiger partial charge < -0.3 is 0 Å². The van der Waals surface area contributed by atoms with Gasteiger partial charge in [-0.1, -0.05) is 66.7 Å². The summed E-state index contributed by atoms with van der Waals surface area (Å²) in [5.41, 5.74) is 0. The molecule has 0 N–H and O–H groups in total. The van der Waals surface area contributed by atoms with Crippen molar-refractivity contribution in [3.8, 4) is 0 Å². The fourth-order valence-corrected chi connectivity index (χ4v) is 10.3. The molecule has 0 saturated carbocycles. The fourth-order valence-electron chi connectivity index (χ4n) is 3.56. The summed E-state index contributed by atoms with van der Waals surface area (Å²) in [7, 11) is -1.74. The Balaban J connectivity index is 2.01. The van der Waals surface area contributed by atoms with E-state index in [1.165, 1.54) is 12.5 Å². The number of thiophene rings is 1. The molecule has 0 aliphatic carbocycles. The molecule has 2 aromatic carbocycles. The Bertz CT molecular complexity index is 676. The molecule has 0 spiro atoms. The lowest BCUT2D eigenvalue weighted by Gasteiger charge is -2.28. The van der Waals surface area contributed by atoms with Crippen LogP contribution < -0.4 is 15.6 Å². The van der Waals surface area contributed by atoms with Crippen LogP contribution in [0.25, 0.3) is 0 Å². The molecule has 3 aromatic rings. The first-order chi connectivity index (χ1) is 9.91. The van der Waals surface area contributed by atoms with Crippen LogP contribution in [-0.4, -0.2) is 8.07 Å². The summed E-state index contributed by atoms with van der Waals surface area (Å²) in [6.07, 6.45) is 1.25.